The van der Waals surface area contributed by atoms with Crippen molar-refractivity contribution in [2.75, 3.05) is 0 Å². The molecule has 3 aromatic carbocycles. The van der Waals surface area contributed by atoms with Crippen LogP contribution in [-0.2, 0) is 5.41 Å². The lowest BCUT2D eigenvalue weighted by Gasteiger charge is -2.49. The Kier molecular flexibility index (Phi) is 4.13. The first-order valence-corrected chi connectivity index (χ1v) is 14.9. The van der Waals surface area contributed by atoms with Gasteiger partial charge in [-0.1, -0.05) is 48.5 Å². The topological polar surface area (TPSA) is 25.8 Å². The normalized spacial score (nSPS) is 31.2. The van der Waals surface area contributed by atoms with Crippen molar-refractivity contribution < 1.29 is 0 Å². The van der Waals surface area contributed by atoms with E-state index in [0.717, 1.165) is 40.3 Å². The lowest BCUT2D eigenvalue weighted by molar-refractivity contribution is -0.000160. The summed E-state index contributed by atoms with van der Waals surface area (Å²) in [5.41, 5.74) is 6.65. The van der Waals surface area contributed by atoms with Gasteiger partial charge in [-0.25, -0.2) is 9.97 Å². The molecule has 9 rings (SSSR count). The van der Waals surface area contributed by atoms with Crippen LogP contribution in [0.1, 0.15) is 44.1 Å². The van der Waals surface area contributed by atoms with Crippen LogP contribution in [0, 0.1) is 23.2 Å². The molecule has 4 aliphatic carbocycles. The van der Waals surface area contributed by atoms with Crippen molar-refractivity contribution in [2.24, 2.45) is 23.2 Å². The van der Waals surface area contributed by atoms with Crippen molar-refractivity contribution in [3.8, 4) is 22.5 Å². The highest BCUT2D eigenvalue weighted by molar-refractivity contribution is 7.25. The molecule has 37 heavy (non-hydrogen) atoms. The summed E-state index contributed by atoms with van der Waals surface area (Å²) in [4.78, 5) is 9.24. The minimum Gasteiger partial charge on any atom is -0.218 e. The maximum atomic E-state index is 6.48. The number of rotatable bonds is 3. The molecule has 2 aromatic heterocycles. The Morgan fingerprint density at radius 3 is 2.41 bits per heavy atom. The first kappa shape index (κ1) is 21.2. The third kappa shape index (κ3) is 2.88. The van der Waals surface area contributed by atoms with Gasteiger partial charge in [0, 0.05) is 31.3 Å². The minimum absolute atomic E-state index is 0.298. The Morgan fingerprint density at radius 2 is 1.51 bits per heavy atom. The van der Waals surface area contributed by atoms with Gasteiger partial charge in [0.25, 0.3) is 0 Å². The smallest absolute Gasteiger partial charge is 0.218 e. The molecule has 2 nitrogen and oxygen atoms in total. The summed E-state index contributed by atoms with van der Waals surface area (Å²) in [6, 6.07) is 26.6. The molecule has 182 valence electrons. The highest BCUT2D eigenvalue weighted by Gasteiger charge is 2.70. The van der Waals surface area contributed by atoms with E-state index < -0.39 is 0 Å². The molecule has 2 unspecified atom stereocenters. The van der Waals surface area contributed by atoms with Gasteiger partial charge in [0.2, 0.25) is 5.28 Å². The third-order valence-corrected chi connectivity index (χ3v) is 12.0. The highest BCUT2D eigenvalue weighted by Crippen LogP contribution is 2.78. The van der Waals surface area contributed by atoms with Crippen molar-refractivity contribution in [1.29, 1.82) is 0 Å². The van der Waals surface area contributed by atoms with Crippen LogP contribution in [0.5, 0.6) is 0 Å². The van der Waals surface area contributed by atoms with Crippen molar-refractivity contribution in [2.45, 2.75) is 43.9 Å². The Labute approximate surface area is 225 Å². The van der Waals surface area contributed by atoms with Gasteiger partial charge in [0.05, 0.1) is 11.4 Å². The van der Waals surface area contributed by atoms with E-state index in [-0.39, 0.29) is 0 Å². The van der Waals surface area contributed by atoms with Crippen LogP contribution in [0.3, 0.4) is 0 Å². The molecule has 0 aliphatic heterocycles. The van der Waals surface area contributed by atoms with E-state index in [9.17, 15) is 0 Å². The lowest BCUT2D eigenvalue weighted by Crippen LogP contribution is -2.42. The van der Waals surface area contributed by atoms with E-state index in [2.05, 4.69) is 82.8 Å². The quantitative estimate of drug-likeness (QED) is 0.222. The van der Waals surface area contributed by atoms with E-state index in [1.165, 1.54) is 58.7 Å². The van der Waals surface area contributed by atoms with E-state index >= 15 is 0 Å². The standard InChI is InChI=1S/C33H27ClN2S/c34-31-35-27(14-28(36-31)21-7-10-30-26(12-21)25-3-1-2-4-29(25)37-30)20-5-8-22(9-6-20)32-15-19-11-23-13-24(17-32)33(23,16-19)18-32/h1-10,12,14,19,23-24H,11,13,15-18H2/t19-,23?,24-,32?,33-/m0/s1. The fourth-order valence-corrected chi connectivity index (χ4v) is 10.6. The Hall–Kier alpha value is -2.75. The summed E-state index contributed by atoms with van der Waals surface area (Å²) < 4.78 is 2.61. The van der Waals surface area contributed by atoms with Crippen molar-refractivity contribution in [3.05, 3.63) is 83.6 Å². The first-order chi connectivity index (χ1) is 18.1. The second-order valence-corrected chi connectivity index (χ2v) is 13.7. The van der Waals surface area contributed by atoms with Gasteiger partial charge in [0.15, 0.2) is 0 Å². The lowest BCUT2D eigenvalue weighted by atomic mass is 9.55. The number of halogens is 1. The Bertz CT molecular complexity index is 1740. The van der Waals surface area contributed by atoms with Crippen molar-refractivity contribution >= 4 is 43.1 Å². The SMILES string of the molecule is Clc1nc(-c2ccc(C34C[C@@H]5CC6C[C@@H](C3)[C@@]6(C5)C4)cc2)cc(-c2ccc3sc4ccccc4c3c2)n1. The second-order valence-electron chi connectivity index (χ2n) is 12.3. The molecule has 2 heterocycles. The van der Waals surface area contributed by atoms with E-state index in [1.54, 1.807) is 5.56 Å². The molecule has 0 saturated heterocycles. The number of benzene rings is 3. The molecule has 4 saturated carbocycles. The molecule has 1 spiro atoms. The largest absolute Gasteiger partial charge is 0.223 e. The third-order valence-electron chi connectivity index (χ3n) is 10.6. The van der Waals surface area contributed by atoms with Gasteiger partial charge < -0.3 is 0 Å². The average molecular weight is 519 g/mol. The minimum atomic E-state index is 0.298. The molecular formula is C33H27ClN2S. The van der Waals surface area contributed by atoms with Crippen LogP contribution in [0.25, 0.3) is 42.7 Å². The van der Waals surface area contributed by atoms with Gasteiger partial charge in [-0.15, -0.1) is 11.3 Å². The monoisotopic (exact) mass is 518 g/mol. The van der Waals surface area contributed by atoms with Crippen molar-refractivity contribution in [1.82, 2.24) is 9.97 Å². The van der Waals surface area contributed by atoms with Gasteiger partial charge in [-0.2, -0.15) is 0 Å². The van der Waals surface area contributed by atoms with Crippen molar-refractivity contribution in [3.63, 3.8) is 0 Å². The second kappa shape index (κ2) is 7.21. The Morgan fingerprint density at radius 1 is 0.730 bits per heavy atom. The molecule has 5 aromatic rings. The number of thiophene rings is 1. The van der Waals surface area contributed by atoms with Crippen LogP contribution in [0.2, 0.25) is 5.28 Å². The van der Waals surface area contributed by atoms with Gasteiger partial charge in [-0.3, -0.25) is 0 Å². The Balaban J connectivity index is 1.08. The molecule has 3 bridgehead atoms. The summed E-state index contributed by atoms with van der Waals surface area (Å²) >= 11 is 8.32. The molecule has 0 radical (unpaired) electrons. The maximum absolute atomic E-state index is 6.48. The predicted molar refractivity (Wildman–Crippen MR) is 153 cm³/mol. The van der Waals surface area contributed by atoms with Crippen LogP contribution < -0.4 is 0 Å². The zero-order valence-corrected chi connectivity index (χ0v) is 22.2. The number of fused-ring (bicyclic) bond motifs is 5. The first-order valence-electron chi connectivity index (χ1n) is 13.7. The molecule has 0 N–H and O–H groups in total. The molecule has 4 fully saturated rings. The van der Waals surface area contributed by atoms with Crippen LogP contribution in [0.4, 0.5) is 0 Å². The zero-order chi connectivity index (χ0) is 24.4. The fourth-order valence-electron chi connectivity index (χ4n) is 9.29. The maximum Gasteiger partial charge on any atom is 0.223 e. The highest BCUT2D eigenvalue weighted by atomic mass is 35.5. The molecule has 5 atom stereocenters. The van der Waals surface area contributed by atoms with Gasteiger partial charge in [-0.05, 0) is 109 Å². The number of aromatic nitrogens is 2. The number of hydrogen-bond acceptors (Lipinski definition) is 3. The number of nitrogens with zero attached hydrogens (tertiary/aromatic N) is 2. The van der Waals surface area contributed by atoms with Gasteiger partial charge >= 0.3 is 0 Å². The summed E-state index contributed by atoms with van der Waals surface area (Å²) in [6.07, 6.45) is 8.80. The average Bonchev–Trinajstić information content (AvgIpc) is 3.45. The molecule has 4 aliphatic rings. The summed E-state index contributed by atoms with van der Waals surface area (Å²) in [5.74, 6) is 3.00. The summed E-state index contributed by atoms with van der Waals surface area (Å²) in [6.45, 7) is 0. The zero-order valence-electron chi connectivity index (χ0n) is 20.6. The van der Waals surface area contributed by atoms with Crippen LogP contribution >= 0.6 is 22.9 Å². The van der Waals surface area contributed by atoms with E-state index in [0.29, 0.717) is 16.1 Å². The van der Waals surface area contributed by atoms with E-state index in [1.807, 2.05) is 11.3 Å². The van der Waals surface area contributed by atoms with Crippen LogP contribution in [0.15, 0.2) is 72.8 Å². The molecule has 4 heteroatoms. The fraction of sp³-hybridized carbons (Fsp3) is 0.333. The van der Waals surface area contributed by atoms with E-state index in [4.69, 9.17) is 11.6 Å². The number of hydrogen-bond donors (Lipinski definition) is 0. The summed E-state index contributed by atoms with van der Waals surface area (Å²) in [5, 5.41) is 2.86. The van der Waals surface area contributed by atoms with Gasteiger partial charge in [0.1, 0.15) is 0 Å². The molecular weight excluding hydrogens is 492 g/mol. The predicted octanol–water partition coefficient (Wildman–Crippen LogP) is 9.30. The molecule has 0 amide bonds. The van der Waals surface area contributed by atoms with Crippen LogP contribution in [-0.4, -0.2) is 9.97 Å². The summed E-state index contributed by atoms with van der Waals surface area (Å²) in [7, 11) is 0.